The zero-order valence-electron chi connectivity index (χ0n) is 17.1. The second kappa shape index (κ2) is 10.1. The largest absolute Gasteiger partial charge is 0.338 e. The highest BCUT2D eigenvalue weighted by Gasteiger charge is 2.17. The molecule has 0 saturated heterocycles. The van der Waals surface area contributed by atoms with E-state index >= 15 is 0 Å². The lowest BCUT2D eigenvalue weighted by Crippen LogP contribution is -2.29. The van der Waals surface area contributed by atoms with Crippen molar-refractivity contribution in [1.29, 1.82) is 0 Å². The van der Waals surface area contributed by atoms with Crippen LogP contribution >= 0.6 is 22.9 Å². The van der Waals surface area contributed by atoms with Gasteiger partial charge in [0.2, 0.25) is 10.0 Å². The Hall–Kier alpha value is -2.62. The molecule has 2 aromatic carbocycles. The summed E-state index contributed by atoms with van der Waals surface area (Å²) in [5.74, 6) is 0. The van der Waals surface area contributed by atoms with E-state index in [1.165, 1.54) is 11.3 Å². The first-order chi connectivity index (χ1) is 14.7. The number of aromatic nitrogens is 1. The van der Waals surface area contributed by atoms with Gasteiger partial charge < -0.3 is 5.32 Å². The Morgan fingerprint density at radius 1 is 1.06 bits per heavy atom. The average Bonchev–Trinajstić information content (AvgIpc) is 3.11. The Balaban J connectivity index is 1.92. The minimum absolute atomic E-state index is 0.302. The zero-order valence-corrected chi connectivity index (χ0v) is 19.5. The lowest BCUT2D eigenvalue weighted by atomic mass is 10.1. The summed E-state index contributed by atoms with van der Waals surface area (Å²) in [6.45, 7) is 2.65. The number of halogens is 1. The van der Waals surface area contributed by atoms with Crippen molar-refractivity contribution in [3.05, 3.63) is 53.6 Å². The normalized spacial score (nSPS) is 11.2. The van der Waals surface area contributed by atoms with Crippen molar-refractivity contribution in [2.75, 3.05) is 22.8 Å². The molecular weight excluding hydrogens is 456 g/mol. The minimum Gasteiger partial charge on any atom is -0.338 e. The predicted octanol–water partition coefficient (Wildman–Crippen LogP) is 5.42. The summed E-state index contributed by atoms with van der Waals surface area (Å²) in [4.78, 5) is 17.6. The Kier molecular flexibility index (Phi) is 7.53. The Labute approximate surface area is 190 Å². The van der Waals surface area contributed by atoms with Crippen molar-refractivity contribution in [2.45, 2.75) is 19.8 Å². The van der Waals surface area contributed by atoms with Crippen LogP contribution in [0, 0.1) is 0 Å². The summed E-state index contributed by atoms with van der Waals surface area (Å²) in [6, 6.07) is 14.0. The third-order valence-corrected chi connectivity index (χ3v) is 6.11. The molecule has 0 radical (unpaired) electrons. The monoisotopic (exact) mass is 478 g/mol. The molecule has 3 rings (SSSR count). The van der Waals surface area contributed by atoms with E-state index in [2.05, 4.69) is 27.3 Å². The van der Waals surface area contributed by atoms with Crippen molar-refractivity contribution in [1.82, 2.24) is 10.3 Å². The first kappa shape index (κ1) is 23.1. The Bertz CT molecular complexity index is 1140. The maximum Gasteiger partial charge on any atom is 0.321 e. The summed E-state index contributed by atoms with van der Waals surface area (Å²) in [5, 5.41) is 6.69. The van der Waals surface area contributed by atoms with Gasteiger partial charge in [0.15, 0.2) is 5.13 Å². The number of nitrogens with one attached hydrogen (secondary N) is 3. The Morgan fingerprint density at radius 3 is 2.32 bits per heavy atom. The van der Waals surface area contributed by atoms with Crippen molar-refractivity contribution >= 4 is 49.8 Å². The average molecular weight is 479 g/mol. The molecule has 10 heteroatoms. The fraction of sp³-hybridized carbons (Fsp3) is 0.238. The maximum absolute atomic E-state index is 12.2. The van der Waals surface area contributed by atoms with Gasteiger partial charge in [-0.3, -0.25) is 10.0 Å². The van der Waals surface area contributed by atoms with E-state index in [-0.39, 0.29) is 6.03 Å². The molecule has 2 amide bonds. The van der Waals surface area contributed by atoms with Crippen LogP contribution in [0.1, 0.15) is 19.8 Å². The fourth-order valence-electron chi connectivity index (χ4n) is 2.80. The second-order valence-corrected chi connectivity index (χ2v) is 10.1. The molecule has 0 aliphatic carbocycles. The number of hydrogen-bond donors (Lipinski definition) is 3. The van der Waals surface area contributed by atoms with Crippen LogP contribution in [0.3, 0.4) is 0 Å². The predicted molar refractivity (Wildman–Crippen MR) is 128 cm³/mol. The first-order valence-corrected chi connectivity index (χ1v) is 12.7. The molecule has 0 bridgehead atoms. The number of rotatable bonds is 8. The molecule has 3 N–H and O–H groups in total. The molecule has 0 unspecified atom stereocenters. The van der Waals surface area contributed by atoms with Crippen molar-refractivity contribution in [3.8, 4) is 21.7 Å². The van der Waals surface area contributed by atoms with Gasteiger partial charge in [0.25, 0.3) is 0 Å². The number of sulfonamides is 1. The van der Waals surface area contributed by atoms with Crippen molar-refractivity contribution < 1.29 is 13.2 Å². The van der Waals surface area contributed by atoms with Crippen LogP contribution in [0.25, 0.3) is 21.7 Å². The third kappa shape index (κ3) is 6.68. The molecule has 0 aliphatic heterocycles. The summed E-state index contributed by atoms with van der Waals surface area (Å²) in [7, 11) is -3.36. The van der Waals surface area contributed by atoms with Crippen LogP contribution < -0.4 is 15.4 Å². The lowest BCUT2D eigenvalue weighted by Gasteiger charge is -2.06. The molecule has 0 spiro atoms. The van der Waals surface area contributed by atoms with Crippen LogP contribution in [0.4, 0.5) is 15.6 Å². The highest BCUT2D eigenvalue weighted by molar-refractivity contribution is 7.92. The van der Waals surface area contributed by atoms with Gasteiger partial charge in [-0.2, -0.15) is 0 Å². The molecule has 1 aromatic heterocycles. The van der Waals surface area contributed by atoms with Crippen LogP contribution in [-0.2, 0) is 10.0 Å². The van der Waals surface area contributed by atoms with Gasteiger partial charge >= 0.3 is 6.03 Å². The topological polar surface area (TPSA) is 100 Å². The van der Waals surface area contributed by atoms with E-state index < -0.39 is 10.0 Å². The number of thiazole rings is 1. The van der Waals surface area contributed by atoms with Crippen LogP contribution in [0.5, 0.6) is 0 Å². The molecular formula is C21H23ClN4O3S2. The third-order valence-electron chi connectivity index (χ3n) is 4.23. The number of nitrogens with zero attached hydrogens (tertiary/aromatic N) is 1. The quantitative estimate of drug-likeness (QED) is 0.376. The van der Waals surface area contributed by atoms with Crippen molar-refractivity contribution in [2.24, 2.45) is 0 Å². The van der Waals surface area contributed by atoms with Crippen LogP contribution in [0.2, 0.25) is 5.02 Å². The molecule has 1 heterocycles. The molecule has 164 valence electrons. The molecule has 7 nitrogen and oxygen atoms in total. The fourth-order valence-corrected chi connectivity index (χ4v) is 4.47. The highest BCUT2D eigenvalue weighted by atomic mass is 35.5. The summed E-state index contributed by atoms with van der Waals surface area (Å²) < 4.78 is 25.3. The van der Waals surface area contributed by atoms with E-state index in [9.17, 15) is 13.2 Å². The number of amides is 2. The highest BCUT2D eigenvalue weighted by Crippen LogP contribution is 2.39. The molecule has 0 saturated carbocycles. The maximum atomic E-state index is 12.2. The minimum atomic E-state index is -3.36. The van der Waals surface area contributed by atoms with Gasteiger partial charge in [0, 0.05) is 22.8 Å². The SMILES string of the molecule is CCCCNC(=O)Nc1nc(-c2ccc(Cl)cc2)c(-c2ccc(NS(C)(=O)=O)cc2)s1. The van der Waals surface area contributed by atoms with Gasteiger partial charge in [-0.1, -0.05) is 60.5 Å². The number of carbonyl (C=O) groups excluding carboxylic acids is 1. The standard InChI is InChI=1S/C21H23ClN4O3S2/c1-3-4-13-23-20(27)25-21-24-18(14-5-9-16(22)10-6-14)19(30-21)15-7-11-17(12-8-15)26-31(2,28)29/h5-12,26H,3-4,13H2,1-2H3,(H2,23,24,25,27). The van der Waals surface area contributed by atoms with E-state index in [0.717, 1.165) is 35.1 Å². The number of anilines is 2. The smallest absolute Gasteiger partial charge is 0.321 e. The van der Waals surface area contributed by atoms with Crippen LogP contribution in [-0.4, -0.2) is 32.2 Å². The van der Waals surface area contributed by atoms with E-state index in [4.69, 9.17) is 11.6 Å². The van der Waals surface area contributed by atoms with Gasteiger partial charge in [0.05, 0.1) is 16.8 Å². The summed E-state index contributed by atoms with van der Waals surface area (Å²) in [6.07, 6.45) is 3.00. The van der Waals surface area contributed by atoms with E-state index in [1.807, 2.05) is 24.3 Å². The summed E-state index contributed by atoms with van der Waals surface area (Å²) >= 11 is 7.36. The molecule has 0 aliphatic rings. The first-order valence-electron chi connectivity index (χ1n) is 9.65. The number of benzene rings is 2. The molecule has 3 aromatic rings. The Morgan fingerprint density at radius 2 is 1.71 bits per heavy atom. The number of carbonyl (C=O) groups is 1. The second-order valence-electron chi connectivity index (χ2n) is 6.89. The van der Waals surface area contributed by atoms with Gasteiger partial charge in [-0.25, -0.2) is 18.2 Å². The van der Waals surface area contributed by atoms with Gasteiger partial charge in [0.1, 0.15) is 0 Å². The van der Waals surface area contributed by atoms with Gasteiger partial charge in [-0.05, 0) is 36.2 Å². The van der Waals surface area contributed by atoms with E-state index in [0.29, 0.717) is 28.1 Å². The number of unbranched alkanes of at least 4 members (excludes halogenated alkanes) is 1. The summed E-state index contributed by atoms with van der Waals surface area (Å²) in [5.41, 5.74) is 2.88. The molecule has 0 atom stereocenters. The zero-order chi connectivity index (χ0) is 22.4. The number of urea groups is 1. The lowest BCUT2D eigenvalue weighted by molar-refractivity contribution is 0.252. The van der Waals surface area contributed by atoms with Crippen molar-refractivity contribution in [3.63, 3.8) is 0 Å². The van der Waals surface area contributed by atoms with Crippen LogP contribution in [0.15, 0.2) is 48.5 Å². The molecule has 31 heavy (non-hydrogen) atoms. The molecule has 0 fully saturated rings. The van der Waals surface area contributed by atoms with Gasteiger partial charge in [-0.15, -0.1) is 0 Å². The van der Waals surface area contributed by atoms with E-state index in [1.54, 1.807) is 24.3 Å². The number of hydrogen-bond acceptors (Lipinski definition) is 5.